The molecule has 1 atom stereocenters. The van der Waals surface area contributed by atoms with E-state index in [9.17, 15) is 14.8 Å². The summed E-state index contributed by atoms with van der Waals surface area (Å²) in [6, 6.07) is 25.8. The number of benzene rings is 3. The zero-order chi connectivity index (χ0) is 24.9. The van der Waals surface area contributed by atoms with Gasteiger partial charge in [-0.3, -0.25) is 4.79 Å². The van der Waals surface area contributed by atoms with Crippen LogP contribution < -0.4 is 5.56 Å². The molecule has 7 heteroatoms. The fourth-order valence-corrected chi connectivity index (χ4v) is 4.14. The molecule has 7 nitrogen and oxygen atoms in total. The molecule has 0 radical (unpaired) electrons. The first-order chi connectivity index (χ1) is 16.9. The van der Waals surface area contributed by atoms with Crippen LogP contribution in [-0.4, -0.2) is 31.8 Å². The summed E-state index contributed by atoms with van der Waals surface area (Å²) in [6.07, 6.45) is 0.374. The molecule has 4 rings (SSSR count). The number of oxime groups is 1. The second kappa shape index (κ2) is 10.2. The quantitative estimate of drug-likeness (QED) is 0.230. The number of hydrogen-bond acceptors (Lipinski definition) is 5. The average Bonchev–Trinajstić information content (AvgIpc) is 2.87. The third kappa shape index (κ3) is 5.19. The molecule has 3 aromatic carbocycles. The van der Waals surface area contributed by atoms with Gasteiger partial charge in [0.1, 0.15) is 11.4 Å². The highest BCUT2D eigenvalue weighted by molar-refractivity contribution is 5.99. The molecule has 4 aromatic rings. The summed E-state index contributed by atoms with van der Waals surface area (Å²) in [7, 11) is 1.56. The van der Waals surface area contributed by atoms with Crippen LogP contribution in [0, 0.1) is 6.92 Å². The Morgan fingerprint density at radius 1 is 0.943 bits per heavy atom. The molecule has 1 unspecified atom stereocenters. The van der Waals surface area contributed by atoms with Gasteiger partial charge in [0.15, 0.2) is 0 Å². The van der Waals surface area contributed by atoms with Crippen molar-refractivity contribution in [2.45, 2.75) is 19.3 Å². The Hall–Kier alpha value is -4.52. The molecule has 35 heavy (non-hydrogen) atoms. The van der Waals surface area contributed by atoms with Crippen molar-refractivity contribution in [3.8, 4) is 11.1 Å². The molecule has 1 heterocycles. The zero-order valence-corrected chi connectivity index (χ0v) is 19.4. The second-order valence-corrected chi connectivity index (χ2v) is 8.34. The van der Waals surface area contributed by atoms with Gasteiger partial charge in [-0.05, 0) is 52.9 Å². The Morgan fingerprint density at radius 2 is 1.57 bits per heavy atom. The first kappa shape index (κ1) is 23.6. The molecule has 0 fully saturated rings. The van der Waals surface area contributed by atoms with Gasteiger partial charge in [-0.1, -0.05) is 65.8 Å². The number of aryl methyl sites for hydroxylation is 2. The Bertz CT molecular complexity index is 1440. The normalized spacial score (nSPS) is 12.3. The van der Waals surface area contributed by atoms with Crippen LogP contribution in [0.1, 0.15) is 45.1 Å². The lowest BCUT2D eigenvalue weighted by molar-refractivity contribution is 0.0697. The fourth-order valence-electron chi connectivity index (χ4n) is 4.14. The Balaban J connectivity index is 1.70. The minimum Gasteiger partial charge on any atom is -0.478 e. The van der Waals surface area contributed by atoms with Crippen molar-refractivity contribution in [1.82, 2.24) is 9.78 Å². The van der Waals surface area contributed by atoms with Crippen molar-refractivity contribution in [3.05, 3.63) is 123 Å². The highest BCUT2D eigenvalue weighted by atomic mass is 16.4. The molecular formula is C28H25N3O4. The van der Waals surface area contributed by atoms with E-state index in [0.29, 0.717) is 17.8 Å². The lowest BCUT2D eigenvalue weighted by atomic mass is 9.83. The van der Waals surface area contributed by atoms with Gasteiger partial charge in [-0.15, -0.1) is 0 Å². The van der Waals surface area contributed by atoms with Gasteiger partial charge in [0.05, 0.1) is 5.56 Å². The van der Waals surface area contributed by atoms with Crippen molar-refractivity contribution in [1.29, 1.82) is 0 Å². The second-order valence-electron chi connectivity index (χ2n) is 8.34. The number of carboxylic acids is 1. The van der Waals surface area contributed by atoms with E-state index >= 15 is 0 Å². The summed E-state index contributed by atoms with van der Waals surface area (Å²) in [5.74, 6) is -1.08. The number of carbonyl (C=O) groups is 1. The minimum atomic E-state index is -0.956. The summed E-state index contributed by atoms with van der Waals surface area (Å²) >= 11 is 0. The summed E-state index contributed by atoms with van der Waals surface area (Å²) in [5, 5.41) is 26.7. The van der Waals surface area contributed by atoms with Crippen LogP contribution in [0.5, 0.6) is 0 Å². The van der Waals surface area contributed by atoms with E-state index in [2.05, 4.69) is 16.3 Å². The molecule has 0 amide bonds. The van der Waals surface area contributed by atoms with Gasteiger partial charge in [0.25, 0.3) is 5.56 Å². The molecule has 0 aliphatic heterocycles. The van der Waals surface area contributed by atoms with Crippen LogP contribution in [0.2, 0.25) is 0 Å². The molecular weight excluding hydrogens is 442 g/mol. The smallest absolute Gasteiger partial charge is 0.335 e. The molecule has 0 spiro atoms. The largest absolute Gasteiger partial charge is 0.478 e. The molecule has 0 aliphatic carbocycles. The third-order valence-electron chi connectivity index (χ3n) is 6.12. The third-order valence-corrected chi connectivity index (χ3v) is 6.12. The van der Waals surface area contributed by atoms with Gasteiger partial charge in [-0.2, -0.15) is 5.10 Å². The summed E-state index contributed by atoms with van der Waals surface area (Å²) in [5.41, 5.74) is 5.92. The maximum absolute atomic E-state index is 11.8. The van der Waals surface area contributed by atoms with E-state index in [-0.39, 0.29) is 17.0 Å². The summed E-state index contributed by atoms with van der Waals surface area (Å²) in [4.78, 5) is 22.9. The van der Waals surface area contributed by atoms with Gasteiger partial charge in [-0.25, -0.2) is 9.48 Å². The first-order valence-corrected chi connectivity index (χ1v) is 11.1. The van der Waals surface area contributed by atoms with Crippen molar-refractivity contribution >= 4 is 11.7 Å². The van der Waals surface area contributed by atoms with Crippen LogP contribution in [0.4, 0.5) is 0 Å². The predicted molar refractivity (Wildman–Crippen MR) is 134 cm³/mol. The molecule has 0 aliphatic rings. The number of aromatic nitrogens is 2. The summed E-state index contributed by atoms with van der Waals surface area (Å²) < 4.78 is 1.22. The number of hydrogen-bond donors (Lipinski definition) is 2. The maximum atomic E-state index is 11.8. The van der Waals surface area contributed by atoms with E-state index in [1.807, 2.05) is 49.4 Å². The summed E-state index contributed by atoms with van der Waals surface area (Å²) in [6.45, 7) is 2.04. The number of aromatic carboxylic acids is 1. The molecule has 0 saturated heterocycles. The van der Waals surface area contributed by atoms with E-state index in [1.54, 1.807) is 37.4 Å². The zero-order valence-electron chi connectivity index (χ0n) is 19.4. The average molecular weight is 468 g/mol. The van der Waals surface area contributed by atoms with E-state index in [0.717, 1.165) is 27.8 Å². The molecule has 0 bridgehead atoms. The minimum absolute atomic E-state index is 0.121. The highest BCUT2D eigenvalue weighted by Crippen LogP contribution is 2.33. The van der Waals surface area contributed by atoms with Gasteiger partial charge >= 0.3 is 5.97 Å². The number of nitrogens with zero attached hydrogens (tertiary/aromatic N) is 3. The van der Waals surface area contributed by atoms with Crippen molar-refractivity contribution in [2.75, 3.05) is 0 Å². The lowest BCUT2D eigenvalue weighted by Gasteiger charge is -2.21. The standard InChI is InChI=1S/C28H25N3O4/c1-18-5-3-4-6-23(18)24(17-26(30-35)25-15-16-27(32)31(2)29-25)21-11-7-19(8-12-21)20-9-13-22(14-10-20)28(33)34/h3-16,24,35H,17H2,1-2H3,(H,33,34). The Labute approximate surface area is 202 Å². The number of carboxylic acid groups (broad SMARTS) is 1. The first-order valence-electron chi connectivity index (χ1n) is 11.1. The van der Waals surface area contributed by atoms with Crippen molar-refractivity contribution < 1.29 is 15.1 Å². The van der Waals surface area contributed by atoms with Crippen LogP contribution in [0.15, 0.2) is 94.9 Å². The van der Waals surface area contributed by atoms with Crippen LogP contribution in [0.25, 0.3) is 11.1 Å². The van der Waals surface area contributed by atoms with E-state index in [1.165, 1.54) is 10.7 Å². The van der Waals surface area contributed by atoms with E-state index < -0.39 is 5.97 Å². The Kier molecular flexibility index (Phi) is 6.87. The van der Waals surface area contributed by atoms with Gasteiger partial charge < -0.3 is 10.3 Å². The van der Waals surface area contributed by atoms with Crippen molar-refractivity contribution in [3.63, 3.8) is 0 Å². The number of rotatable bonds is 7. The lowest BCUT2D eigenvalue weighted by Crippen LogP contribution is -2.22. The molecule has 0 saturated carbocycles. The SMILES string of the molecule is Cc1ccccc1C(CC(=NO)c1ccc(=O)n(C)n1)c1ccc(-c2ccc(C(=O)O)cc2)cc1. The van der Waals surface area contributed by atoms with Gasteiger partial charge in [0.2, 0.25) is 0 Å². The highest BCUT2D eigenvalue weighted by Gasteiger charge is 2.21. The monoisotopic (exact) mass is 467 g/mol. The van der Waals surface area contributed by atoms with Crippen LogP contribution in [0.3, 0.4) is 0 Å². The maximum Gasteiger partial charge on any atom is 0.335 e. The Morgan fingerprint density at radius 3 is 2.14 bits per heavy atom. The predicted octanol–water partition coefficient (Wildman–Crippen LogP) is 4.85. The van der Waals surface area contributed by atoms with Crippen molar-refractivity contribution in [2.24, 2.45) is 12.2 Å². The van der Waals surface area contributed by atoms with Crippen LogP contribution >= 0.6 is 0 Å². The topological polar surface area (TPSA) is 105 Å². The van der Waals surface area contributed by atoms with Crippen LogP contribution in [-0.2, 0) is 7.05 Å². The molecule has 1 aromatic heterocycles. The van der Waals surface area contributed by atoms with Gasteiger partial charge in [0, 0.05) is 25.5 Å². The fraction of sp³-hybridized carbons (Fsp3) is 0.143. The van der Waals surface area contributed by atoms with E-state index in [4.69, 9.17) is 5.11 Å². The molecule has 176 valence electrons. The molecule has 2 N–H and O–H groups in total.